The summed E-state index contributed by atoms with van der Waals surface area (Å²) < 4.78 is 23.4. The fraction of sp³-hybridized carbons (Fsp3) is 0.571. The lowest BCUT2D eigenvalue weighted by Crippen LogP contribution is -2.43. The highest BCUT2D eigenvalue weighted by molar-refractivity contribution is 7.90. The van der Waals surface area contributed by atoms with E-state index in [-0.39, 0.29) is 11.4 Å². The second-order valence-corrected chi connectivity index (χ2v) is 7.57. The molecule has 1 aliphatic rings. The van der Waals surface area contributed by atoms with Crippen LogP contribution >= 0.6 is 0 Å². The molecule has 7 heteroatoms. The van der Waals surface area contributed by atoms with Crippen molar-refractivity contribution in [3.63, 3.8) is 0 Å². The summed E-state index contributed by atoms with van der Waals surface area (Å²) in [7, 11) is -3.30. The second-order valence-electron chi connectivity index (χ2n) is 5.59. The molecule has 1 fully saturated rings. The van der Waals surface area contributed by atoms with Crippen LogP contribution in [0.2, 0.25) is 0 Å². The van der Waals surface area contributed by atoms with Gasteiger partial charge >= 0.3 is 0 Å². The standard InChI is InChI=1S/C14H22N4O2S/c1-11-5-4-8-18(10-11)14(15)17-9-12-13(21(2,19)20)6-3-7-16-12/h3,6-7,11H,4-5,8-10H2,1-2H3,(H2,15,17). The number of likely N-dealkylation sites (tertiary alicyclic amines) is 1. The summed E-state index contributed by atoms with van der Waals surface area (Å²) in [6.07, 6.45) is 5.06. The number of hydrogen-bond donors (Lipinski definition) is 1. The van der Waals surface area contributed by atoms with E-state index in [0.717, 1.165) is 19.5 Å². The molecule has 1 saturated heterocycles. The minimum Gasteiger partial charge on any atom is -0.370 e. The van der Waals surface area contributed by atoms with E-state index in [4.69, 9.17) is 5.73 Å². The van der Waals surface area contributed by atoms with Gasteiger partial charge in [0.25, 0.3) is 0 Å². The molecule has 0 radical (unpaired) electrons. The van der Waals surface area contributed by atoms with Gasteiger partial charge in [-0.2, -0.15) is 0 Å². The van der Waals surface area contributed by atoms with Crippen LogP contribution in [-0.4, -0.2) is 43.6 Å². The van der Waals surface area contributed by atoms with Crippen LogP contribution in [-0.2, 0) is 16.4 Å². The minimum atomic E-state index is -3.30. The summed E-state index contributed by atoms with van der Waals surface area (Å²) in [5.74, 6) is 1.07. The smallest absolute Gasteiger partial charge is 0.191 e. The molecule has 2 heterocycles. The van der Waals surface area contributed by atoms with Crippen LogP contribution in [0.5, 0.6) is 0 Å². The van der Waals surface area contributed by atoms with Crippen molar-refractivity contribution in [2.24, 2.45) is 16.6 Å². The fourth-order valence-electron chi connectivity index (χ4n) is 2.53. The Balaban J connectivity index is 2.14. The summed E-state index contributed by atoms with van der Waals surface area (Å²) >= 11 is 0. The lowest BCUT2D eigenvalue weighted by Gasteiger charge is -2.31. The zero-order valence-corrected chi connectivity index (χ0v) is 13.3. The summed E-state index contributed by atoms with van der Waals surface area (Å²) in [5, 5.41) is 0. The van der Waals surface area contributed by atoms with Gasteiger partial charge in [-0.25, -0.2) is 13.4 Å². The molecule has 21 heavy (non-hydrogen) atoms. The minimum absolute atomic E-state index is 0.181. The summed E-state index contributed by atoms with van der Waals surface area (Å²) in [4.78, 5) is 10.7. The van der Waals surface area contributed by atoms with Crippen molar-refractivity contribution in [3.05, 3.63) is 24.0 Å². The molecule has 0 spiro atoms. The highest BCUT2D eigenvalue weighted by atomic mass is 32.2. The number of nitrogens with two attached hydrogens (primary N) is 1. The quantitative estimate of drug-likeness (QED) is 0.665. The van der Waals surface area contributed by atoms with Crippen molar-refractivity contribution >= 4 is 15.8 Å². The van der Waals surface area contributed by atoms with Gasteiger partial charge in [0, 0.05) is 25.5 Å². The Bertz CT molecular complexity index is 628. The van der Waals surface area contributed by atoms with Crippen molar-refractivity contribution in [2.45, 2.75) is 31.2 Å². The SMILES string of the molecule is CC1CCCN(C(N)=NCc2ncccc2S(C)(=O)=O)C1. The maximum Gasteiger partial charge on any atom is 0.191 e. The Morgan fingerprint density at radius 1 is 1.57 bits per heavy atom. The predicted octanol–water partition coefficient (Wildman–Crippen LogP) is 1.03. The molecule has 2 rings (SSSR count). The Hall–Kier alpha value is -1.63. The van der Waals surface area contributed by atoms with E-state index in [1.54, 1.807) is 18.3 Å². The molecule has 0 amide bonds. The van der Waals surface area contributed by atoms with Crippen LogP contribution in [0.15, 0.2) is 28.2 Å². The largest absolute Gasteiger partial charge is 0.370 e. The van der Waals surface area contributed by atoms with Crippen LogP contribution in [0, 0.1) is 5.92 Å². The normalized spacial score (nSPS) is 20.6. The lowest BCUT2D eigenvalue weighted by atomic mass is 10.0. The number of rotatable bonds is 3. The van der Waals surface area contributed by atoms with Gasteiger partial charge in [-0.1, -0.05) is 6.92 Å². The van der Waals surface area contributed by atoms with Crippen LogP contribution in [0.1, 0.15) is 25.5 Å². The molecule has 0 saturated carbocycles. The zero-order valence-electron chi connectivity index (χ0n) is 12.5. The average Bonchev–Trinajstić information content (AvgIpc) is 2.44. The third kappa shape index (κ3) is 4.17. The molecule has 1 atom stereocenters. The topological polar surface area (TPSA) is 88.7 Å². The number of aromatic nitrogens is 1. The molecule has 1 aromatic rings. The van der Waals surface area contributed by atoms with Crippen molar-refractivity contribution in [3.8, 4) is 0 Å². The third-order valence-electron chi connectivity index (χ3n) is 3.62. The van der Waals surface area contributed by atoms with E-state index < -0.39 is 9.84 Å². The molecule has 1 aromatic heterocycles. The van der Waals surface area contributed by atoms with Gasteiger partial charge in [0.2, 0.25) is 0 Å². The molecule has 1 aliphatic heterocycles. The fourth-order valence-corrected chi connectivity index (χ4v) is 3.40. The average molecular weight is 310 g/mol. The maximum atomic E-state index is 11.7. The van der Waals surface area contributed by atoms with E-state index in [2.05, 4.69) is 21.8 Å². The van der Waals surface area contributed by atoms with Crippen molar-refractivity contribution in [1.29, 1.82) is 0 Å². The number of pyridine rings is 1. The Morgan fingerprint density at radius 3 is 3.00 bits per heavy atom. The zero-order chi connectivity index (χ0) is 15.5. The van der Waals surface area contributed by atoms with Crippen molar-refractivity contribution in [1.82, 2.24) is 9.88 Å². The molecule has 116 valence electrons. The Morgan fingerprint density at radius 2 is 2.33 bits per heavy atom. The van der Waals surface area contributed by atoms with E-state index in [1.165, 1.54) is 12.7 Å². The molecule has 0 bridgehead atoms. The van der Waals surface area contributed by atoms with E-state index in [0.29, 0.717) is 17.6 Å². The summed E-state index contributed by atoms with van der Waals surface area (Å²) in [6, 6.07) is 3.16. The number of sulfone groups is 1. The molecule has 1 unspecified atom stereocenters. The van der Waals surface area contributed by atoms with Gasteiger partial charge in [0.05, 0.1) is 17.1 Å². The first-order chi connectivity index (χ1) is 9.88. The highest BCUT2D eigenvalue weighted by Crippen LogP contribution is 2.16. The molecule has 0 aliphatic carbocycles. The van der Waals surface area contributed by atoms with E-state index in [1.807, 2.05) is 0 Å². The third-order valence-corrected chi connectivity index (χ3v) is 4.79. The van der Waals surface area contributed by atoms with Gasteiger partial charge in [-0.3, -0.25) is 4.98 Å². The van der Waals surface area contributed by atoms with Crippen LogP contribution in [0.4, 0.5) is 0 Å². The first kappa shape index (κ1) is 15.8. The highest BCUT2D eigenvalue weighted by Gasteiger charge is 2.18. The molecular weight excluding hydrogens is 288 g/mol. The van der Waals surface area contributed by atoms with Crippen molar-refractivity contribution < 1.29 is 8.42 Å². The summed E-state index contributed by atoms with van der Waals surface area (Å²) in [5.41, 5.74) is 6.45. The number of guanidine groups is 1. The first-order valence-electron chi connectivity index (χ1n) is 7.06. The van der Waals surface area contributed by atoms with Crippen LogP contribution in [0.25, 0.3) is 0 Å². The Kier molecular flexibility index (Phi) is 4.82. The van der Waals surface area contributed by atoms with Crippen LogP contribution < -0.4 is 5.73 Å². The van der Waals surface area contributed by atoms with E-state index in [9.17, 15) is 8.42 Å². The number of hydrogen-bond acceptors (Lipinski definition) is 4. The molecule has 6 nitrogen and oxygen atoms in total. The monoisotopic (exact) mass is 310 g/mol. The van der Waals surface area contributed by atoms with Gasteiger partial charge in [-0.05, 0) is 30.9 Å². The number of aliphatic imine (C=N–C) groups is 1. The maximum absolute atomic E-state index is 11.7. The molecule has 0 aromatic carbocycles. The van der Waals surface area contributed by atoms with Gasteiger partial charge in [-0.15, -0.1) is 0 Å². The second kappa shape index (κ2) is 6.43. The van der Waals surface area contributed by atoms with Gasteiger partial charge in [0.15, 0.2) is 15.8 Å². The van der Waals surface area contributed by atoms with E-state index >= 15 is 0 Å². The predicted molar refractivity (Wildman–Crippen MR) is 82.6 cm³/mol. The van der Waals surface area contributed by atoms with Gasteiger partial charge < -0.3 is 10.6 Å². The molecular formula is C14H22N4O2S. The molecule has 2 N–H and O–H groups in total. The first-order valence-corrected chi connectivity index (χ1v) is 8.96. The van der Waals surface area contributed by atoms with Crippen molar-refractivity contribution in [2.75, 3.05) is 19.3 Å². The van der Waals surface area contributed by atoms with Gasteiger partial charge in [0.1, 0.15) is 0 Å². The summed E-state index contributed by atoms with van der Waals surface area (Å²) in [6.45, 7) is 4.18. The Labute approximate surface area is 126 Å². The lowest BCUT2D eigenvalue weighted by molar-refractivity contribution is 0.270. The number of piperidine rings is 1. The number of nitrogens with zero attached hydrogens (tertiary/aromatic N) is 3. The van der Waals surface area contributed by atoms with Crippen LogP contribution in [0.3, 0.4) is 0 Å².